The van der Waals surface area contributed by atoms with Crippen molar-refractivity contribution in [2.24, 2.45) is 0 Å². The van der Waals surface area contributed by atoms with Gasteiger partial charge in [-0.1, -0.05) is 6.92 Å². The second kappa shape index (κ2) is 6.50. The molecule has 0 N–H and O–H groups in total. The molecule has 0 aliphatic carbocycles. The summed E-state index contributed by atoms with van der Waals surface area (Å²) in [6.45, 7) is 10.4. The van der Waals surface area contributed by atoms with Crippen LogP contribution in [0.15, 0.2) is 18.5 Å². The van der Waals surface area contributed by atoms with Gasteiger partial charge in [-0.15, -0.1) is 0 Å². The molecule has 0 radical (unpaired) electrons. The fraction of sp³-hybridized carbons (Fsp3) is 0.733. The maximum atomic E-state index is 4.35. The SMILES string of the molecule is CCN1CCC(N2CCN(c3ncccn3)CC2)CC1. The smallest absolute Gasteiger partial charge is 0.225 e. The van der Waals surface area contributed by atoms with Gasteiger partial charge in [0.15, 0.2) is 0 Å². The molecule has 5 nitrogen and oxygen atoms in total. The molecule has 3 rings (SSSR count). The fourth-order valence-electron chi connectivity index (χ4n) is 3.34. The van der Waals surface area contributed by atoms with Gasteiger partial charge in [-0.3, -0.25) is 4.90 Å². The second-order valence-electron chi connectivity index (χ2n) is 5.74. The van der Waals surface area contributed by atoms with Crippen LogP contribution in [0.1, 0.15) is 19.8 Å². The minimum Gasteiger partial charge on any atom is -0.338 e. The van der Waals surface area contributed by atoms with Gasteiger partial charge in [0.2, 0.25) is 5.95 Å². The molecule has 5 heteroatoms. The second-order valence-corrected chi connectivity index (χ2v) is 5.74. The number of hydrogen-bond donors (Lipinski definition) is 0. The van der Waals surface area contributed by atoms with Crippen molar-refractivity contribution in [2.45, 2.75) is 25.8 Å². The number of nitrogens with zero attached hydrogens (tertiary/aromatic N) is 5. The van der Waals surface area contributed by atoms with Crippen molar-refractivity contribution < 1.29 is 0 Å². The third-order valence-corrected chi connectivity index (χ3v) is 4.67. The molecule has 2 aliphatic rings. The zero-order valence-electron chi connectivity index (χ0n) is 12.4. The molecular formula is C15H25N5. The Balaban J connectivity index is 1.49. The molecule has 0 spiro atoms. The Bertz CT molecular complexity index is 394. The number of piperazine rings is 1. The molecule has 2 fully saturated rings. The summed E-state index contributed by atoms with van der Waals surface area (Å²) in [5.41, 5.74) is 0. The number of aromatic nitrogens is 2. The first kappa shape index (κ1) is 13.8. The van der Waals surface area contributed by atoms with Gasteiger partial charge < -0.3 is 9.80 Å². The summed E-state index contributed by atoms with van der Waals surface area (Å²) >= 11 is 0. The predicted molar refractivity (Wildman–Crippen MR) is 81.0 cm³/mol. The van der Waals surface area contributed by atoms with E-state index in [1.165, 1.54) is 32.5 Å². The van der Waals surface area contributed by atoms with E-state index >= 15 is 0 Å². The lowest BCUT2D eigenvalue weighted by Gasteiger charge is -2.42. The van der Waals surface area contributed by atoms with Crippen molar-refractivity contribution in [3.63, 3.8) is 0 Å². The Morgan fingerprint density at radius 1 is 1.00 bits per heavy atom. The normalized spacial score (nSPS) is 23.1. The van der Waals surface area contributed by atoms with Crippen molar-refractivity contribution in [1.82, 2.24) is 19.8 Å². The zero-order valence-corrected chi connectivity index (χ0v) is 12.4. The van der Waals surface area contributed by atoms with Crippen LogP contribution in [0.4, 0.5) is 5.95 Å². The molecule has 3 heterocycles. The van der Waals surface area contributed by atoms with Crippen LogP contribution in [0.5, 0.6) is 0 Å². The molecule has 1 aromatic heterocycles. The zero-order chi connectivity index (χ0) is 13.8. The minimum absolute atomic E-state index is 0.789. The van der Waals surface area contributed by atoms with Crippen molar-refractivity contribution >= 4 is 5.95 Å². The summed E-state index contributed by atoms with van der Waals surface area (Å²) < 4.78 is 0. The van der Waals surface area contributed by atoms with Gasteiger partial charge in [0.05, 0.1) is 0 Å². The molecule has 0 atom stereocenters. The van der Waals surface area contributed by atoms with E-state index in [0.717, 1.165) is 38.2 Å². The molecule has 20 heavy (non-hydrogen) atoms. The van der Waals surface area contributed by atoms with Crippen LogP contribution in [0, 0.1) is 0 Å². The number of likely N-dealkylation sites (tertiary alicyclic amines) is 1. The Morgan fingerprint density at radius 3 is 2.25 bits per heavy atom. The van der Waals surface area contributed by atoms with E-state index in [4.69, 9.17) is 0 Å². The highest BCUT2D eigenvalue weighted by molar-refractivity contribution is 5.29. The number of anilines is 1. The van der Waals surface area contributed by atoms with E-state index in [1.54, 1.807) is 0 Å². The van der Waals surface area contributed by atoms with Crippen LogP contribution in [0.25, 0.3) is 0 Å². The molecule has 2 saturated heterocycles. The molecule has 110 valence electrons. The van der Waals surface area contributed by atoms with Crippen LogP contribution in [-0.2, 0) is 0 Å². The minimum atomic E-state index is 0.789. The van der Waals surface area contributed by atoms with Gasteiger partial charge in [0.1, 0.15) is 0 Å². The van der Waals surface area contributed by atoms with E-state index in [1.807, 2.05) is 18.5 Å². The van der Waals surface area contributed by atoms with Crippen molar-refractivity contribution in [3.8, 4) is 0 Å². The lowest BCUT2D eigenvalue weighted by molar-refractivity contribution is 0.106. The molecule has 1 aromatic rings. The first-order valence-electron chi connectivity index (χ1n) is 7.85. The van der Waals surface area contributed by atoms with Gasteiger partial charge in [0, 0.05) is 44.6 Å². The Morgan fingerprint density at radius 2 is 1.65 bits per heavy atom. The van der Waals surface area contributed by atoms with Crippen molar-refractivity contribution in [2.75, 3.05) is 50.7 Å². The maximum Gasteiger partial charge on any atom is 0.225 e. The fourth-order valence-corrected chi connectivity index (χ4v) is 3.34. The van der Waals surface area contributed by atoms with Crippen LogP contribution in [0.3, 0.4) is 0 Å². The third kappa shape index (κ3) is 3.10. The van der Waals surface area contributed by atoms with Gasteiger partial charge in [-0.05, 0) is 38.5 Å². The topological polar surface area (TPSA) is 35.5 Å². The Hall–Kier alpha value is -1.20. The van der Waals surface area contributed by atoms with E-state index in [9.17, 15) is 0 Å². The summed E-state index contributed by atoms with van der Waals surface area (Å²) in [5.74, 6) is 0.882. The number of hydrogen-bond acceptors (Lipinski definition) is 5. The average Bonchev–Trinajstić information content (AvgIpc) is 2.56. The van der Waals surface area contributed by atoms with Crippen LogP contribution >= 0.6 is 0 Å². The van der Waals surface area contributed by atoms with Crippen LogP contribution in [0.2, 0.25) is 0 Å². The lowest BCUT2D eigenvalue weighted by atomic mass is 10.0. The molecule has 0 aromatic carbocycles. The molecule has 0 unspecified atom stereocenters. The number of piperidine rings is 1. The van der Waals surface area contributed by atoms with E-state index in [2.05, 4.69) is 31.6 Å². The summed E-state index contributed by atoms with van der Waals surface area (Å²) in [4.78, 5) is 16.2. The summed E-state index contributed by atoms with van der Waals surface area (Å²) in [7, 11) is 0. The molecule has 0 bridgehead atoms. The quantitative estimate of drug-likeness (QED) is 0.825. The van der Waals surface area contributed by atoms with Crippen LogP contribution < -0.4 is 4.90 Å². The summed E-state index contributed by atoms with van der Waals surface area (Å²) in [6.07, 6.45) is 6.32. The monoisotopic (exact) mass is 275 g/mol. The van der Waals surface area contributed by atoms with E-state index < -0.39 is 0 Å². The van der Waals surface area contributed by atoms with E-state index in [0.29, 0.717) is 0 Å². The lowest BCUT2D eigenvalue weighted by Crippen LogP contribution is -2.53. The largest absolute Gasteiger partial charge is 0.338 e. The Labute approximate surface area is 121 Å². The standard InChI is InChI=1S/C15H25N5/c1-2-18-8-4-14(5-9-18)19-10-12-20(13-11-19)15-16-6-3-7-17-15/h3,6-7,14H,2,4-5,8-13H2,1H3. The van der Waals surface area contributed by atoms with Gasteiger partial charge >= 0.3 is 0 Å². The van der Waals surface area contributed by atoms with Crippen molar-refractivity contribution in [3.05, 3.63) is 18.5 Å². The molecule has 2 aliphatic heterocycles. The summed E-state index contributed by atoms with van der Waals surface area (Å²) in [6, 6.07) is 2.66. The number of rotatable bonds is 3. The Kier molecular flexibility index (Phi) is 4.47. The highest BCUT2D eigenvalue weighted by atomic mass is 15.3. The maximum absolute atomic E-state index is 4.35. The van der Waals surface area contributed by atoms with Gasteiger partial charge in [0.25, 0.3) is 0 Å². The van der Waals surface area contributed by atoms with Gasteiger partial charge in [-0.25, -0.2) is 9.97 Å². The first-order chi connectivity index (χ1) is 9.86. The summed E-state index contributed by atoms with van der Waals surface area (Å²) in [5, 5.41) is 0. The van der Waals surface area contributed by atoms with E-state index in [-0.39, 0.29) is 0 Å². The van der Waals surface area contributed by atoms with Gasteiger partial charge in [-0.2, -0.15) is 0 Å². The predicted octanol–water partition coefficient (Wildman–Crippen LogP) is 1.08. The molecule has 0 amide bonds. The highest BCUT2D eigenvalue weighted by Gasteiger charge is 2.27. The highest BCUT2D eigenvalue weighted by Crippen LogP contribution is 2.19. The average molecular weight is 275 g/mol. The molecular weight excluding hydrogens is 250 g/mol. The van der Waals surface area contributed by atoms with Crippen molar-refractivity contribution in [1.29, 1.82) is 0 Å². The molecule has 0 saturated carbocycles. The first-order valence-corrected chi connectivity index (χ1v) is 7.85. The third-order valence-electron chi connectivity index (χ3n) is 4.67. The van der Waals surface area contributed by atoms with Crippen LogP contribution in [-0.4, -0.2) is 71.6 Å².